The van der Waals surface area contributed by atoms with Gasteiger partial charge in [0.25, 0.3) is 0 Å². The van der Waals surface area contributed by atoms with Gasteiger partial charge in [-0.1, -0.05) is 45.7 Å². The first kappa shape index (κ1) is 14.0. The molecule has 0 bridgehead atoms. The van der Waals surface area contributed by atoms with Gasteiger partial charge in [0.2, 0.25) is 0 Å². The number of alkyl halides is 1. The highest BCUT2D eigenvalue weighted by atomic mass is 79.9. The summed E-state index contributed by atoms with van der Waals surface area (Å²) in [5.74, 6) is 0. The largest absolute Gasteiger partial charge is 0.297 e. The molecule has 0 radical (unpaired) electrons. The molecule has 0 aliphatic heterocycles. The summed E-state index contributed by atoms with van der Waals surface area (Å²) in [5, 5.41) is 1.92. The molecule has 0 fully saturated rings. The zero-order valence-corrected chi connectivity index (χ0v) is 12.3. The van der Waals surface area contributed by atoms with Gasteiger partial charge < -0.3 is 0 Å². The Labute approximate surface area is 112 Å². The molecule has 0 saturated carbocycles. The summed E-state index contributed by atoms with van der Waals surface area (Å²) < 4.78 is 0. The average Bonchev–Trinajstić information content (AvgIpc) is 2.26. The maximum absolute atomic E-state index is 6.17. The van der Waals surface area contributed by atoms with Crippen molar-refractivity contribution in [2.24, 2.45) is 0 Å². The van der Waals surface area contributed by atoms with E-state index in [1.54, 1.807) is 0 Å². The summed E-state index contributed by atoms with van der Waals surface area (Å²) in [6.07, 6.45) is 1.17. The van der Waals surface area contributed by atoms with Gasteiger partial charge in [-0.3, -0.25) is 4.90 Å². The molecule has 0 amide bonds. The number of nitrogens with zero attached hydrogens (tertiary/aromatic N) is 1. The molecule has 0 spiro atoms. The maximum Gasteiger partial charge on any atom is 0.0451 e. The van der Waals surface area contributed by atoms with Gasteiger partial charge in [-0.15, -0.1) is 0 Å². The van der Waals surface area contributed by atoms with Crippen LogP contribution in [0.2, 0.25) is 5.02 Å². The van der Waals surface area contributed by atoms with E-state index in [0.29, 0.717) is 6.04 Å². The van der Waals surface area contributed by atoms with Crippen LogP contribution < -0.4 is 0 Å². The second-order valence-corrected chi connectivity index (χ2v) is 5.40. The third kappa shape index (κ3) is 4.44. The van der Waals surface area contributed by atoms with Crippen molar-refractivity contribution in [1.82, 2.24) is 4.90 Å². The van der Waals surface area contributed by atoms with Crippen molar-refractivity contribution in [3.05, 3.63) is 34.9 Å². The highest BCUT2D eigenvalue weighted by Crippen LogP contribution is 2.18. The number of hydrogen-bond donors (Lipinski definition) is 0. The quantitative estimate of drug-likeness (QED) is 0.707. The van der Waals surface area contributed by atoms with Gasteiger partial charge in [0.1, 0.15) is 0 Å². The molecule has 16 heavy (non-hydrogen) atoms. The van der Waals surface area contributed by atoms with E-state index >= 15 is 0 Å². The van der Waals surface area contributed by atoms with Crippen LogP contribution in [-0.2, 0) is 6.54 Å². The van der Waals surface area contributed by atoms with Crippen molar-refractivity contribution in [3.63, 3.8) is 0 Å². The zero-order valence-electron chi connectivity index (χ0n) is 9.92. The number of rotatable bonds is 6. The van der Waals surface area contributed by atoms with Gasteiger partial charge in [-0.2, -0.15) is 0 Å². The molecule has 0 aliphatic carbocycles. The smallest absolute Gasteiger partial charge is 0.0451 e. The van der Waals surface area contributed by atoms with Crippen LogP contribution in [0.25, 0.3) is 0 Å². The van der Waals surface area contributed by atoms with Gasteiger partial charge in [0, 0.05) is 22.9 Å². The van der Waals surface area contributed by atoms with E-state index in [-0.39, 0.29) is 0 Å². The summed E-state index contributed by atoms with van der Waals surface area (Å²) in [7, 11) is 0. The molecule has 0 heterocycles. The molecular weight excluding hydrogens is 286 g/mol. The lowest BCUT2D eigenvalue weighted by molar-refractivity contribution is 0.214. The Bertz CT molecular complexity index is 315. The van der Waals surface area contributed by atoms with E-state index in [2.05, 4.69) is 40.7 Å². The molecule has 1 nitrogen and oxygen atoms in total. The molecule has 0 aromatic heterocycles. The molecule has 1 aromatic carbocycles. The third-order valence-corrected chi connectivity index (χ3v) is 3.57. The lowest BCUT2D eigenvalue weighted by Gasteiger charge is -2.26. The minimum Gasteiger partial charge on any atom is -0.297 e. The number of benzene rings is 1. The number of hydrogen-bond acceptors (Lipinski definition) is 1. The fourth-order valence-electron chi connectivity index (χ4n) is 1.63. The van der Waals surface area contributed by atoms with Crippen LogP contribution in [0.3, 0.4) is 0 Å². The molecule has 0 N–H and O–H groups in total. The van der Waals surface area contributed by atoms with E-state index in [4.69, 9.17) is 11.6 Å². The molecule has 0 unspecified atom stereocenters. The molecule has 0 atom stereocenters. The Balaban J connectivity index is 2.64. The Morgan fingerprint density at radius 1 is 1.31 bits per heavy atom. The van der Waals surface area contributed by atoms with E-state index in [9.17, 15) is 0 Å². The van der Waals surface area contributed by atoms with E-state index < -0.39 is 0 Å². The normalized spacial score (nSPS) is 11.4. The van der Waals surface area contributed by atoms with Crippen LogP contribution in [0, 0.1) is 0 Å². The highest BCUT2D eigenvalue weighted by Gasteiger charge is 2.10. The lowest BCUT2D eigenvalue weighted by Crippen LogP contribution is -2.31. The van der Waals surface area contributed by atoms with Gasteiger partial charge in [0.15, 0.2) is 0 Å². The summed E-state index contributed by atoms with van der Waals surface area (Å²) in [4.78, 5) is 2.45. The van der Waals surface area contributed by atoms with Crippen molar-refractivity contribution >= 4 is 27.5 Å². The van der Waals surface area contributed by atoms with Gasteiger partial charge in [-0.05, 0) is 38.4 Å². The monoisotopic (exact) mass is 303 g/mol. The second kappa shape index (κ2) is 7.31. The summed E-state index contributed by atoms with van der Waals surface area (Å²) in [6.45, 7) is 6.49. The highest BCUT2D eigenvalue weighted by molar-refractivity contribution is 9.09. The van der Waals surface area contributed by atoms with Crippen molar-refractivity contribution in [2.75, 3.05) is 11.9 Å². The average molecular weight is 305 g/mol. The first-order chi connectivity index (χ1) is 7.65. The predicted octanol–water partition coefficient (Wildman–Crippen LogP) is 4.34. The van der Waals surface area contributed by atoms with Crippen LogP contribution in [0.5, 0.6) is 0 Å². The van der Waals surface area contributed by atoms with Gasteiger partial charge in [0.05, 0.1) is 0 Å². The van der Waals surface area contributed by atoms with Crippen molar-refractivity contribution in [1.29, 1.82) is 0 Å². The molecule has 90 valence electrons. The van der Waals surface area contributed by atoms with Crippen LogP contribution in [0.15, 0.2) is 24.3 Å². The van der Waals surface area contributed by atoms with E-state index in [0.717, 1.165) is 23.4 Å². The third-order valence-electron chi connectivity index (χ3n) is 2.64. The predicted molar refractivity (Wildman–Crippen MR) is 75.4 cm³/mol. The summed E-state index contributed by atoms with van der Waals surface area (Å²) >= 11 is 9.65. The summed E-state index contributed by atoms with van der Waals surface area (Å²) in [5.41, 5.74) is 1.22. The minimum atomic E-state index is 0.551. The topological polar surface area (TPSA) is 3.24 Å². The Hall–Kier alpha value is -0.0500. The van der Waals surface area contributed by atoms with E-state index in [1.165, 1.54) is 12.0 Å². The fourth-order valence-corrected chi connectivity index (χ4v) is 2.07. The second-order valence-electron chi connectivity index (χ2n) is 4.20. The first-order valence-corrected chi connectivity index (χ1v) is 7.18. The standard InChI is InChI=1S/C13H19BrClN/c1-11(2)16(9-5-8-14)10-12-6-3-4-7-13(12)15/h3-4,6-7,11H,5,8-10H2,1-2H3. The fraction of sp³-hybridized carbons (Fsp3) is 0.538. The Kier molecular flexibility index (Phi) is 6.40. The molecule has 0 saturated heterocycles. The lowest BCUT2D eigenvalue weighted by atomic mass is 10.2. The molecule has 1 rings (SSSR count). The van der Waals surface area contributed by atoms with Gasteiger partial charge in [-0.25, -0.2) is 0 Å². The van der Waals surface area contributed by atoms with Crippen molar-refractivity contribution in [3.8, 4) is 0 Å². The molecule has 1 aromatic rings. The van der Waals surface area contributed by atoms with Crippen molar-refractivity contribution in [2.45, 2.75) is 32.9 Å². The minimum absolute atomic E-state index is 0.551. The zero-order chi connectivity index (χ0) is 12.0. The first-order valence-electron chi connectivity index (χ1n) is 5.68. The SMILES string of the molecule is CC(C)N(CCCBr)Cc1ccccc1Cl. The van der Waals surface area contributed by atoms with Crippen LogP contribution >= 0.6 is 27.5 Å². The van der Waals surface area contributed by atoms with Crippen LogP contribution in [0.1, 0.15) is 25.8 Å². The van der Waals surface area contributed by atoms with Crippen LogP contribution in [-0.4, -0.2) is 22.8 Å². The van der Waals surface area contributed by atoms with Crippen molar-refractivity contribution < 1.29 is 0 Å². The Morgan fingerprint density at radius 2 is 2.00 bits per heavy atom. The molecule has 0 aliphatic rings. The Morgan fingerprint density at radius 3 is 2.56 bits per heavy atom. The number of halogens is 2. The van der Waals surface area contributed by atoms with Gasteiger partial charge >= 0.3 is 0 Å². The van der Waals surface area contributed by atoms with E-state index in [1.807, 2.05) is 18.2 Å². The summed E-state index contributed by atoms with van der Waals surface area (Å²) in [6, 6.07) is 8.63. The molecule has 3 heteroatoms. The molecular formula is C13H19BrClN. The van der Waals surface area contributed by atoms with Crippen LogP contribution in [0.4, 0.5) is 0 Å². The maximum atomic E-state index is 6.17.